The fraction of sp³-hybridized carbons (Fsp3) is 0.143. The largest absolute Gasteiger partial charge is 0.465 e. The lowest BCUT2D eigenvalue weighted by atomic mass is 10.0. The fourth-order valence-corrected chi connectivity index (χ4v) is 4.96. The zero-order valence-corrected chi connectivity index (χ0v) is 21.1. The van der Waals surface area contributed by atoms with Crippen LogP contribution >= 0.6 is 12.2 Å². The molecule has 0 unspecified atom stereocenters. The number of amides is 1. The molecule has 9 heteroatoms. The Labute approximate surface area is 219 Å². The summed E-state index contributed by atoms with van der Waals surface area (Å²) < 4.78 is 6.96. The van der Waals surface area contributed by atoms with Crippen LogP contribution in [0, 0.1) is 0 Å². The van der Waals surface area contributed by atoms with Crippen LogP contribution in [0.2, 0.25) is 0 Å². The van der Waals surface area contributed by atoms with Crippen molar-refractivity contribution < 1.29 is 14.3 Å². The van der Waals surface area contributed by atoms with Gasteiger partial charge in [0.25, 0.3) is 0 Å². The summed E-state index contributed by atoms with van der Waals surface area (Å²) >= 11 is 5.83. The number of aromatic nitrogens is 2. The van der Waals surface area contributed by atoms with Gasteiger partial charge in [-0.15, -0.1) is 0 Å². The topological polar surface area (TPSA) is 88.5 Å². The SMILES string of the molecule is COC(=O)c1cccc(-n2cccc2[C@@H]2[C@@H](c3ccccn3)NC(=S)N2c2ccc(NC(C)=O)cc2)c1. The van der Waals surface area contributed by atoms with Crippen LogP contribution in [-0.2, 0) is 9.53 Å². The third kappa shape index (κ3) is 4.81. The van der Waals surface area contributed by atoms with Gasteiger partial charge in [0.05, 0.1) is 24.4 Å². The lowest BCUT2D eigenvalue weighted by Crippen LogP contribution is -2.30. The molecule has 0 spiro atoms. The van der Waals surface area contributed by atoms with E-state index in [1.165, 1.54) is 14.0 Å². The van der Waals surface area contributed by atoms with Crippen molar-refractivity contribution in [3.63, 3.8) is 0 Å². The van der Waals surface area contributed by atoms with E-state index in [-0.39, 0.29) is 18.0 Å². The highest BCUT2D eigenvalue weighted by Crippen LogP contribution is 2.42. The number of methoxy groups -OCH3 is 1. The zero-order chi connectivity index (χ0) is 25.9. The molecule has 1 saturated heterocycles. The summed E-state index contributed by atoms with van der Waals surface area (Å²) in [4.78, 5) is 30.3. The summed E-state index contributed by atoms with van der Waals surface area (Å²) in [5.41, 5.74) is 4.66. The normalized spacial score (nSPS) is 16.8. The van der Waals surface area contributed by atoms with Crippen LogP contribution in [0.3, 0.4) is 0 Å². The zero-order valence-electron chi connectivity index (χ0n) is 20.3. The minimum Gasteiger partial charge on any atom is -0.465 e. The molecule has 3 heterocycles. The second-order valence-corrected chi connectivity index (χ2v) is 8.96. The van der Waals surface area contributed by atoms with E-state index in [4.69, 9.17) is 17.0 Å². The van der Waals surface area contributed by atoms with E-state index in [9.17, 15) is 9.59 Å². The molecule has 2 aromatic carbocycles. The highest BCUT2D eigenvalue weighted by Gasteiger charge is 2.42. The van der Waals surface area contributed by atoms with Gasteiger partial charge in [-0.2, -0.15) is 0 Å². The van der Waals surface area contributed by atoms with E-state index >= 15 is 0 Å². The Balaban J connectivity index is 1.61. The van der Waals surface area contributed by atoms with E-state index in [0.29, 0.717) is 16.4 Å². The predicted octanol–water partition coefficient (Wildman–Crippen LogP) is 4.79. The number of pyridine rings is 1. The molecule has 0 radical (unpaired) electrons. The van der Waals surface area contributed by atoms with Gasteiger partial charge in [-0.25, -0.2) is 4.79 Å². The molecule has 1 aliphatic heterocycles. The Morgan fingerprint density at radius 3 is 2.51 bits per heavy atom. The molecule has 0 aliphatic carbocycles. The molecule has 186 valence electrons. The molecule has 5 rings (SSSR count). The number of benzene rings is 2. The minimum absolute atomic E-state index is 0.133. The van der Waals surface area contributed by atoms with Gasteiger partial charge in [-0.3, -0.25) is 9.78 Å². The quantitative estimate of drug-likeness (QED) is 0.284. The molecule has 0 saturated carbocycles. The van der Waals surface area contributed by atoms with Crippen molar-refractivity contribution in [3.05, 3.63) is 108 Å². The summed E-state index contributed by atoms with van der Waals surface area (Å²) in [6, 6.07) is 24.2. The van der Waals surface area contributed by atoms with Crippen molar-refractivity contribution >= 4 is 40.6 Å². The average Bonchev–Trinajstić information content (AvgIpc) is 3.53. The van der Waals surface area contributed by atoms with Gasteiger partial charge in [-0.05, 0) is 78.9 Å². The molecule has 4 aromatic rings. The first-order valence-electron chi connectivity index (χ1n) is 11.7. The number of nitrogens with one attached hydrogen (secondary N) is 2. The van der Waals surface area contributed by atoms with Crippen LogP contribution in [-0.4, -0.2) is 33.6 Å². The fourth-order valence-electron chi connectivity index (χ4n) is 4.61. The first-order chi connectivity index (χ1) is 18.0. The van der Waals surface area contributed by atoms with Crippen molar-refractivity contribution in [1.82, 2.24) is 14.9 Å². The van der Waals surface area contributed by atoms with Crippen molar-refractivity contribution in [2.45, 2.75) is 19.0 Å². The van der Waals surface area contributed by atoms with Gasteiger partial charge in [0.15, 0.2) is 5.11 Å². The maximum absolute atomic E-state index is 12.2. The third-order valence-electron chi connectivity index (χ3n) is 6.19. The van der Waals surface area contributed by atoms with E-state index in [1.54, 1.807) is 18.3 Å². The Kier molecular flexibility index (Phi) is 6.70. The number of carbonyl (C=O) groups is 2. The molecule has 2 atom stereocenters. The van der Waals surface area contributed by atoms with Crippen molar-refractivity contribution in [3.8, 4) is 5.69 Å². The number of hydrogen-bond acceptors (Lipinski definition) is 5. The Hall–Kier alpha value is -4.50. The van der Waals surface area contributed by atoms with Gasteiger partial charge >= 0.3 is 5.97 Å². The van der Waals surface area contributed by atoms with Gasteiger partial charge < -0.3 is 24.8 Å². The summed E-state index contributed by atoms with van der Waals surface area (Å²) in [6.45, 7) is 1.48. The molecular formula is C28H25N5O3S. The Morgan fingerprint density at radius 1 is 1.00 bits per heavy atom. The number of nitrogens with zero attached hydrogens (tertiary/aromatic N) is 3. The van der Waals surface area contributed by atoms with E-state index < -0.39 is 5.97 Å². The lowest BCUT2D eigenvalue weighted by Gasteiger charge is -2.29. The number of thiocarbonyl (C=S) groups is 1. The number of ether oxygens (including phenoxy) is 1. The Morgan fingerprint density at radius 2 is 1.81 bits per heavy atom. The average molecular weight is 512 g/mol. The monoisotopic (exact) mass is 511 g/mol. The maximum atomic E-state index is 12.2. The van der Waals surface area contributed by atoms with Crippen LogP contribution in [0.4, 0.5) is 11.4 Å². The molecular weight excluding hydrogens is 486 g/mol. The molecule has 1 fully saturated rings. The van der Waals surface area contributed by atoms with Crippen LogP contribution in [0.25, 0.3) is 5.69 Å². The van der Waals surface area contributed by atoms with Crippen LogP contribution in [0.1, 0.15) is 40.8 Å². The highest BCUT2D eigenvalue weighted by molar-refractivity contribution is 7.80. The van der Waals surface area contributed by atoms with Crippen molar-refractivity contribution in [2.24, 2.45) is 0 Å². The molecule has 37 heavy (non-hydrogen) atoms. The predicted molar refractivity (Wildman–Crippen MR) is 146 cm³/mol. The molecule has 2 aromatic heterocycles. The van der Waals surface area contributed by atoms with Crippen LogP contribution < -0.4 is 15.5 Å². The number of carbonyl (C=O) groups excluding carboxylic acids is 2. The van der Waals surface area contributed by atoms with E-state index in [0.717, 1.165) is 22.8 Å². The number of anilines is 2. The smallest absolute Gasteiger partial charge is 0.337 e. The minimum atomic E-state index is -0.397. The summed E-state index contributed by atoms with van der Waals surface area (Å²) in [5, 5.41) is 6.82. The van der Waals surface area contributed by atoms with Gasteiger partial charge in [-0.1, -0.05) is 12.1 Å². The van der Waals surface area contributed by atoms with E-state index in [1.807, 2.05) is 77.5 Å². The Bertz CT molecular complexity index is 1450. The molecule has 8 nitrogen and oxygen atoms in total. The standard InChI is InChI=1S/C28H25N5O3S/c1-18(34)30-20-11-13-21(14-12-20)33-26(25(31-28(33)37)23-9-3-4-15-29-23)24-10-6-16-32(24)22-8-5-7-19(17-22)27(35)36-2/h3-17,25-26H,1-2H3,(H,30,34)(H,31,37)/t25-,26-/m1/s1. The number of hydrogen-bond donors (Lipinski definition) is 2. The van der Waals surface area contributed by atoms with Crippen molar-refractivity contribution in [1.29, 1.82) is 0 Å². The first-order valence-corrected chi connectivity index (χ1v) is 12.1. The molecule has 0 bridgehead atoms. The van der Waals surface area contributed by atoms with Crippen LogP contribution in [0.5, 0.6) is 0 Å². The van der Waals surface area contributed by atoms with Gasteiger partial charge in [0.2, 0.25) is 5.91 Å². The third-order valence-corrected chi connectivity index (χ3v) is 6.51. The molecule has 1 amide bonds. The number of esters is 1. The van der Waals surface area contributed by atoms with Crippen LogP contribution in [0.15, 0.2) is 91.3 Å². The second-order valence-electron chi connectivity index (χ2n) is 8.57. The first kappa shape index (κ1) is 24.2. The second kappa shape index (κ2) is 10.2. The lowest BCUT2D eigenvalue weighted by molar-refractivity contribution is -0.114. The summed E-state index contributed by atoms with van der Waals surface area (Å²) in [5.74, 6) is -0.530. The van der Waals surface area contributed by atoms with Crippen molar-refractivity contribution in [2.75, 3.05) is 17.3 Å². The van der Waals surface area contributed by atoms with E-state index in [2.05, 4.69) is 20.5 Å². The number of rotatable bonds is 6. The maximum Gasteiger partial charge on any atom is 0.337 e. The molecule has 2 N–H and O–H groups in total. The summed E-state index contributed by atoms with van der Waals surface area (Å²) in [6.07, 6.45) is 3.72. The van der Waals surface area contributed by atoms with Gasteiger partial charge in [0.1, 0.15) is 6.04 Å². The summed E-state index contributed by atoms with van der Waals surface area (Å²) in [7, 11) is 1.37. The van der Waals surface area contributed by atoms with Gasteiger partial charge in [0, 0.05) is 42.1 Å². The highest BCUT2D eigenvalue weighted by atomic mass is 32.1. The molecule has 1 aliphatic rings.